The normalized spacial score (nSPS) is 11.8. The average Bonchev–Trinajstić information content (AvgIpc) is 2.79. The summed E-state index contributed by atoms with van der Waals surface area (Å²) in [4.78, 5) is 14.7. The lowest BCUT2D eigenvalue weighted by Crippen LogP contribution is -2.40. The highest BCUT2D eigenvalue weighted by atomic mass is 35.5. The van der Waals surface area contributed by atoms with Crippen LogP contribution in [-0.2, 0) is 0 Å². The van der Waals surface area contributed by atoms with Crippen molar-refractivity contribution >= 4 is 17.5 Å². The number of carbonyl (C=O) groups is 1. The molecule has 1 heterocycles. The minimum absolute atomic E-state index is 0.0769. The molecule has 0 saturated heterocycles. The van der Waals surface area contributed by atoms with Crippen LogP contribution in [0.1, 0.15) is 29.9 Å². The quantitative estimate of drug-likeness (QED) is 0.853. The highest BCUT2D eigenvalue weighted by Gasteiger charge is 2.24. The fourth-order valence-corrected chi connectivity index (χ4v) is 3.19. The van der Waals surface area contributed by atoms with Gasteiger partial charge in [0, 0.05) is 13.1 Å². The molecule has 2 rings (SSSR count). The molecule has 0 spiro atoms. The van der Waals surface area contributed by atoms with Gasteiger partial charge in [0.25, 0.3) is 5.91 Å². The second kappa shape index (κ2) is 7.54. The van der Waals surface area contributed by atoms with Crippen molar-refractivity contribution in [1.29, 1.82) is 0 Å². The Balaban J connectivity index is 2.19. The molecule has 1 aromatic heterocycles. The van der Waals surface area contributed by atoms with Crippen LogP contribution in [-0.4, -0.2) is 47.8 Å². The molecule has 5 nitrogen and oxygen atoms in total. The number of benzene rings is 1. The minimum atomic E-state index is -0.343. The van der Waals surface area contributed by atoms with E-state index in [4.69, 9.17) is 11.6 Å². The molecule has 0 aliphatic heterocycles. The molecule has 0 aliphatic carbocycles. The van der Waals surface area contributed by atoms with Gasteiger partial charge in [0.15, 0.2) is 0 Å². The van der Waals surface area contributed by atoms with Crippen LogP contribution in [0.25, 0.3) is 5.69 Å². The van der Waals surface area contributed by atoms with E-state index in [1.165, 1.54) is 16.8 Å². The lowest BCUT2D eigenvalue weighted by Gasteiger charge is -2.28. The Kier molecular flexibility index (Phi) is 5.85. The molecule has 0 fully saturated rings. The molecule has 0 bridgehead atoms. The summed E-state index contributed by atoms with van der Waals surface area (Å²) in [6, 6.07) is 5.78. The van der Waals surface area contributed by atoms with Crippen molar-refractivity contribution < 1.29 is 9.18 Å². The molecule has 0 unspecified atom stereocenters. The smallest absolute Gasteiger partial charge is 0.256 e. The molecule has 0 aliphatic rings. The van der Waals surface area contributed by atoms with Gasteiger partial charge in [0.05, 0.1) is 16.9 Å². The third kappa shape index (κ3) is 4.80. The van der Waals surface area contributed by atoms with E-state index < -0.39 is 0 Å². The topological polar surface area (TPSA) is 50.2 Å². The van der Waals surface area contributed by atoms with Gasteiger partial charge in [-0.05, 0) is 50.7 Å². The molecule has 1 aromatic carbocycles. The number of aromatic nitrogens is 2. The summed E-state index contributed by atoms with van der Waals surface area (Å²) in [6.45, 7) is 7.26. The second-order valence-corrected chi connectivity index (χ2v) is 7.58. The maximum atomic E-state index is 13.1. The molecule has 0 atom stereocenters. The SMILES string of the molecule is Cc1nn(-c2ccc(F)cc2)c(Cl)c1C(=O)NCC(C)(C)CN(C)C. The summed E-state index contributed by atoms with van der Waals surface area (Å²) in [7, 11) is 3.99. The number of amides is 1. The highest BCUT2D eigenvalue weighted by molar-refractivity contribution is 6.33. The first-order valence-electron chi connectivity index (χ1n) is 8.05. The van der Waals surface area contributed by atoms with E-state index in [9.17, 15) is 9.18 Å². The molecule has 0 saturated carbocycles. The first-order chi connectivity index (χ1) is 11.6. The maximum absolute atomic E-state index is 13.1. The summed E-state index contributed by atoms with van der Waals surface area (Å²) in [6.07, 6.45) is 0. The Bertz CT molecular complexity index is 753. The summed E-state index contributed by atoms with van der Waals surface area (Å²) in [5, 5.41) is 7.47. The van der Waals surface area contributed by atoms with E-state index in [1.807, 2.05) is 14.1 Å². The lowest BCUT2D eigenvalue weighted by molar-refractivity contribution is 0.0928. The predicted molar refractivity (Wildman–Crippen MR) is 97.9 cm³/mol. The average molecular weight is 367 g/mol. The van der Waals surface area contributed by atoms with Gasteiger partial charge >= 0.3 is 0 Å². The fraction of sp³-hybridized carbons (Fsp3) is 0.444. The van der Waals surface area contributed by atoms with Crippen molar-refractivity contribution in [2.75, 3.05) is 27.2 Å². The standard InChI is InChI=1S/C18H24ClFN4O/c1-12-15(17(25)21-10-18(2,3)11-23(4)5)16(19)24(22-12)14-8-6-13(20)7-9-14/h6-9H,10-11H2,1-5H3,(H,21,25). The monoisotopic (exact) mass is 366 g/mol. The second-order valence-electron chi connectivity index (χ2n) is 7.22. The summed E-state index contributed by atoms with van der Waals surface area (Å²) in [5.74, 6) is -0.604. The molecule has 7 heteroatoms. The Labute approximate surface area is 152 Å². The Morgan fingerprint density at radius 2 is 1.92 bits per heavy atom. The molecule has 25 heavy (non-hydrogen) atoms. The van der Waals surface area contributed by atoms with Gasteiger partial charge in [-0.15, -0.1) is 0 Å². The zero-order valence-corrected chi connectivity index (χ0v) is 16.0. The van der Waals surface area contributed by atoms with E-state index >= 15 is 0 Å². The van der Waals surface area contributed by atoms with Crippen molar-refractivity contribution in [3.8, 4) is 5.69 Å². The zero-order valence-electron chi connectivity index (χ0n) is 15.2. The lowest BCUT2D eigenvalue weighted by atomic mass is 9.93. The molecule has 136 valence electrons. The van der Waals surface area contributed by atoms with Crippen molar-refractivity contribution in [3.05, 3.63) is 46.5 Å². The van der Waals surface area contributed by atoms with Gasteiger partial charge in [-0.1, -0.05) is 25.4 Å². The number of nitrogens with zero attached hydrogens (tertiary/aromatic N) is 3. The zero-order chi connectivity index (χ0) is 18.8. The van der Waals surface area contributed by atoms with Gasteiger partial charge in [0.2, 0.25) is 0 Å². The first-order valence-corrected chi connectivity index (χ1v) is 8.42. The van der Waals surface area contributed by atoms with Gasteiger partial charge in [-0.2, -0.15) is 5.10 Å². The molecule has 0 radical (unpaired) electrons. The van der Waals surface area contributed by atoms with E-state index in [1.54, 1.807) is 19.1 Å². The number of rotatable bonds is 6. The van der Waals surface area contributed by atoms with Gasteiger partial charge in [-0.3, -0.25) is 4.79 Å². The summed E-state index contributed by atoms with van der Waals surface area (Å²) < 4.78 is 14.5. The third-order valence-electron chi connectivity index (χ3n) is 3.77. The van der Waals surface area contributed by atoms with Crippen molar-refractivity contribution in [1.82, 2.24) is 20.0 Å². The van der Waals surface area contributed by atoms with Crippen LogP contribution in [0.5, 0.6) is 0 Å². The number of aryl methyl sites for hydroxylation is 1. The number of hydrogen-bond acceptors (Lipinski definition) is 3. The van der Waals surface area contributed by atoms with Crippen molar-refractivity contribution in [2.24, 2.45) is 5.41 Å². The van der Waals surface area contributed by atoms with Crippen LogP contribution in [0, 0.1) is 18.2 Å². The third-order valence-corrected chi connectivity index (χ3v) is 4.12. The highest BCUT2D eigenvalue weighted by Crippen LogP contribution is 2.24. The number of halogens is 2. The van der Waals surface area contributed by atoms with Crippen molar-refractivity contribution in [2.45, 2.75) is 20.8 Å². The number of nitrogens with one attached hydrogen (secondary N) is 1. The van der Waals surface area contributed by atoms with Crippen LogP contribution in [0.2, 0.25) is 5.15 Å². The summed E-state index contributed by atoms with van der Waals surface area (Å²) >= 11 is 6.37. The Morgan fingerprint density at radius 1 is 1.32 bits per heavy atom. The molecule has 2 aromatic rings. The van der Waals surface area contributed by atoms with Crippen LogP contribution >= 0.6 is 11.6 Å². The van der Waals surface area contributed by atoms with Crippen LogP contribution < -0.4 is 5.32 Å². The van der Waals surface area contributed by atoms with Gasteiger partial charge in [-0.25, -0.2) is 9.07 Å². The van der Waals surface area contributed by atoms with Crippen molar-refractivity contribution in [3.63, 3.8) is 0 Å². The van der Waals surface area contributed by atoms with E-state index in [0.717, 1.165) is 6.54 Å². The Hall–Kier alpha value is -1.92. The van der Waals surface area contributed by atoms with Crippen LogP contribution in [0.4, 0.5) is 4.39 Å². The van der Waals surface area contributed by atoms with Crippen LogP contribution in [0.3, 0.4) is 0 Å². The largest absolute Gasteiger partial charge is 0.351 e. The molecule has 1 N–H and O–H groups in total. The van der Waals surface area contributed by atoms with E-state index in [-0.39, 0.29) is 22.3 Å². The molecular formula is C18H24ClFN4O. The van der Waals surface area contributed by atoms with E-state index in [2.05, 4.69) is 29.2 Å². The Morgan fingerprint density at radius 3 is 2.48 bits per heavy atom. The first kappa shape index (κ1) is 19.4. The minimum Gasteiger partial charge on any atom is -0.351 e. The maximum Gasteiger partial charge on any atom is 0.256 e. The van der Waals surface area contributed by atoms with Crippen LogP contribution in [0.15, 0.2) is 24.3 Å². The van der Waals surface area contributed by atoms with Gasteiger partial charge < -0.3 is 10.2 Å². The number of hydrogen-bond donors (Lipinski definition) is 1. The molecular weight excluding hydrogens is 343 g/mol. The van der Waals surface area contributed by atoms with Gasteiger partial charge in [0.1, 0.15) is 11.0 Å². The van der Waals surface area contributed by atoms with E-state index in [0.29, 0.717) is 23.5 Å². The number of carbonyl (C=O) groups excluding carboxylic acids is 1. The predicted octanol–water partition coefficient (Wildman–Crippen LogP) is 3.29. The summed E-state index contributed by atoms with van der Waals surface area (Å²) in [5.41, 5.74) is 1.39. The fourth-order valence-electron chi connectivity index (χ4n) is 2.83. The molecule has 1 amide bonds.